The molecule has 0 saturated carbocycles. The summed E-state index contributed by atoms with van der Waals surface area (Å²) >= 11 is 0. The molecule has 20 heavy (non-hydrogen) atoms. The summed E-state index contributed by atoms with van der Waals surface area (Å²) < 4.78 is 48.3. The summed E-state index contributed by atoms with van der Waals surface area (Å²) in [5.74, 6) is -0.336. The smallest absolute Gasteiger partial charge is 0.419 e. The summed E-state index contributed by atoms with van der Waals surface area (Å²) in [5.41, 5.74) is -0.0167. The highest BCUT2D eigenvalue weighted by Gasteiger charge is 2.34. The van der Waals surface area contributed by atoms with Crippen LogP contribution >= 0.6 is 0 Å². The van der Waals surface area contributed by atoms with E-state index >= 15 is 0 Å². The fourth-order valence-corrected chi connectivity index (χ4v) is 1.55. The number of aromatic nitrogens is 2. The van der Waals surface area contributed by atoms with Crippen LogP contribution in [0.5, 0.6) is 5.75 Å². The van der Waals surface area contributed by atoms with Crippen LogP contribution in [0.4, 0.5) is 13.2 Å². The van der Waals surface area contributed by atoms with E-state index in [1.807, 2.05) is 0 Å². The van der Waals surface area contributed by atoms with Crippen molar-refractivity contribution in [2.45, 2.75) is 26.3 Å². The first-order chi connectivity index (χ1) is 9.41. The number of aliphatic hydroxyl groups is 1. The van der Waals surface area contributed by atoms with Crippen LogP contribution in [0.15, 0.2) is 22.8 Å². The quantitative estimate of drug-likeness (QED) is 0.936. The summed E-state index contributed by atoms with van der Waals surface area (Å²) in [6.07, 6.45) is -4.57. The van der Waals surface area contributed by atoms with E-state index in [-0.39, 0.29) is 17.9 Å². The molecule has 0 radical (unpaired) electrons. The van der Waals surface area contributed by atoms with E-state index in [0.717, 1.165) is 12.1 Å². The molecule has 0 spiro atoms. The van der Waals surface area contributed by atoms with Gasteiger partial charge in [0.1, 0.15) is 23.7 Å². The van der Waals surface area contributed by atoms with Gasteiger partial charge in [-0.15, -0.1) is 0 Å². The zero-order valence-electron chi connectivity index (χ0n) is 10.4. The number of ether oxygens (including phenoxy) is 1. The van der Waals surface area contributed by atoms with Gasteiger partial charge in [-0.1, -0.05) is 16.4 Å². The molecule has 0 amide bonds. The molecule has 0 fully saturated rings. The third kappa shape index (κ3) is 3.08. The molecular formula is C12H11F3N2O3. The number of benzene rings is 1. The molecule has 1 N–H and O–H groups in total. The van der Waals surface area contributed by atoms with Gasteiger partial charge in [-0.2, -0.15) is 13.2 Å². The first-order valence-corrected chi connectivity index (χ1v) is 5.63. The number of hydrogen-bond acceptors (Lipinski definition) is 5. The van der Waals surface area contributed by atoms with Gasteiger partial charge in [0, 0.05) is 0 Å². The van der Waals surface area contributed by atoms with Crippen LogP contribution in [0.25, 0.3) is 0 Å². The summed E-state index contributed by atoms with van der Waals surface area (Å²) in [5, 5.41) is 15.9. The van der Waals surface area contributed by atoms with Crippen molar-refractivity contribution in [2.75, 3.05) is 0 Å². The molecule has 108 valence electrons. The highest BCUT2D eigenvalue weighted by atomic mass is 19.4. The van der Waals surface area contributed by atoms with E-state index in [2.05, 4.69) is 14.9 Å². The zero-order valence-corrected chi connectivity index (χ0v) is 10.4. The Morgan fingerprint density at radius 1 is 1.30 bits per heavy atom. The molecule has 2 aromatic rings. The van der Waals surface area contributed by atoms with Gasteiger partial charge in [-0.05, 0) is 24.6 Å². The molecule has 0 saturated heterocycles. The molecule has 0 aliphatic heterocycles. The van der Waals surface area contributed by atoms with Gasteiger partial charge in [-0.25, -0.2) is 4.63 Å². The van der Waals surface area contributed by atoms with Crippen molar-refractivity contribution < 1.29 is 27.6 Å². The lowest BCUT2D eigenvalue weighted by Gasteiger charge is -2.14. The maximum absolute atomic E-state index is 12.9. The van der Waals surface area contributed by atoms with Crippen molar-refractivity contribution in [3.8, 4) is 5.75 Å². The highest BCUT2D eigenvalue weighted by molar-refractivity contribution is 5.39. The topological polar surface area (TPSA) is 68.4 Å². The Balaban J connectivity index is 2.25. The summed E-state index contributed by atoms with van der Waals surface area (Å²) in [7, 11) is 0. The maximum atomic E-state index is 12.9. The molecule has 5 nitrogen and oxygen atoms in total. The number of alkyl halides is 3. The first kappa shape index (κ1) is 14.3. The zero-order chi connectivity index (χ0) is 14.8. The monoisotopic (exact) mass is 288 g/mol. The predicted octanol–water partition coefficient (Wildman–Crippen LogP) is 2.47. The largest absolute Gasteiger partial charge is 0.486 e. The van der Waals surface area contributed by atoms with Gasteiger partial charge in [0.15, 0.2) is 0 Å². The van der Waals surface area contributed by atoms with Crippen molar-refractivity contribution >= 4 is 0 Å². The van der Waals surface area contributed by atoms with Gasteiger partial charge >= 0.3 is 6.18 Å². The van der Waals surface area contributed by atoms with Crippen LogP contribution in [-0.2, 0) is 19.4 Å². The second-order valence-electron chi connectivity index (χ2n) is 4.07. The van der Waals surface area contributed by atoms with Crippen molar-refractivity contribution in [3.05, 3.63) is 40.7 Å². The van der Waals surface area contributed by atoms with Crippen LogP contribution in [0.1, 0.15) is 22.5 Å². The molecule has 8 heteroatoms. The number of halogens is 3. The van der Waals surface area contributed by atoms with E-state index in [9.17, 15) is 13.2 Å². The van der Waals surface area contributed by atoms with Crippen molar-refractivity contribution in [1.29, 1.82) is 0 Å². The lowest BCUT2D eigenvalue weighted by molar-refractivity contribution is -0.139. The minimum Gasteiger partial charge on any atom is -0.486 e. The fourth-order valence-electron chi connectivity index (χ4n) is 1.55. The standard InChI is InChI=1S/C12H11F3N2O3/c1-7-10(17-20-16-7)6-19-11-3-2-8(5-18)4-9(11)12(13,14)15/h2-4,18H,5-6H2,1H3. The third-order valence-corrected chi connectivity index (χ3v) is 2.64. The van der Waals surface area contributed by atoms with Crippen molar-refractivity contribution in [3.63, 3.8) is 0 Å². The molecule has 0 aliphatic carbocycles. The number of nitrogens with zero attached hydrogens (tertiary/aromatic N) is 2. The second kappa shape index (κ2) is 5.49. The Kier molecular flexibility index (Phi) is 3.93. The number of aliphatic hydroxyl groups excluding tert-OH is 1. The summed E-state index contributed by atoms with van der Waals surface area (Å²) in [6.45, 7) is 0.946. The fraction of sp³-hybridized carbons (Fsp3) is 0.333. The molecule has 2 rings (SSSR count). The predicted molar refractivity (Wildman–Crippen MR) is 60.7 cm³/mol. The normalized spacial score (nSPS) is 11.7. The van der Waals surface area contributed by atoms with E-state index < -0.39 is 18.3 Å². The van der Waals surface area contributed by atoms with Gasteiger partial charge in [0.2, 0.25) is 0 Å². The summed E-state index contributed by atoms with van der Waals surface area (Å²) in [6, 6.07) is 3.37. The van der Waals surface area contributed by atoms with E-state index in [4.69, 9.17) is 9.84 Å². The lowest BCUT2D eigenvalue weighted by atomic mass is 10.1. The highest BCUT2D eigenvalue weighted by Crippen LogP contribution is 2.37. The third-order valence-electron chi connectivity index (χ3n) is 2.64. The van der Waals surface area contributed by atoms with Crippen LogP contribution in [0.2, 0.25) is 0 Å². The Hall–Kier alpha value is -2.09. The molecule has 1 heterocycles. The molecule has 0 bridgehead atoms. The van der Waals surface area contributed by atoms with E-state index in [0.29, 0.717) is 11.4 Å². The number of aryl methyl sites for hydroxylation is 1. The minimum absolute atomic E-state index is 0.156. The maximum Gasteiger partial charge on any atom is 0.419 e. The number of rotatable bonds is 4. The Morgan fingerprint density at radius 2 is 2.05 bits per heavy atom. The average Bonchev–Trinajstić information content (AvgIpc) is 2.80. The minimum atomic E-state index is -4.57. The Morgan fingerprint density at radius 3 is 2.60 bits per heavy atom. The van der Waals surface area contributed by atoms with Gasteiger partial charge in [-0.3, -0.25) is 0 Å². The molecule has 0 atom stereocenters. The molecule has 1 aromatic heterocycles. The van der Waals surface area contributed by atoms with E-state index in [1.165, 1.54) is 6.07 Å². The summed E-state index contributed by atoms with van der Waals surface area (Å²) in [4.78, 5) is 0. The Bertz CT molecular complexity index is 596. The average molecular weight is 288 g/mol. The van der Waals surface area contributed by atoms with Crippen molar-refractivity contribution in [2.24, 2.45) is 0 Å². The van der Waals surface area contributed by atoms with E-state index in [1.54, 1.807) is 6.92 Å². The lowest BCUT2D eigenvalue weighted by Crippen LogP contribution is -2.10. The van der Waals surface area contributed by atoms with Crippen LogP contribution < -0.4 is 4.74 Å². The van der Waals surface area contributed by atoms with Crippen LogP contribution in [-0.4, -0.2) is 15.4 Å². The molecule has 0 unspecified atom stereocenters. The van der Waals surface area contributed by atoms with Crippen LogP contribution in [0, 0.1) is 6.92 Å². The number of hydrogen-bond donors (Lipinski definition) is 1. The molecule has 0 aliphatic rings. The van der Waals surface area contributed by atoms with Crippen LogP contribution in [0.3, 0.4) is 0 Å². The first-order valence-electron chi connectivity index (χ1n) is 5.63. The second-order valence-corrected chi connectivity index (χ2v) is 4.07. The van der Waals surface area contributed by atoms with Gasteiger partial charge < -0.3 is 9.84 Å². The SMILES string of the molecule is Cc1nonc1COc1ccc(CO)cc1C(F)(F)F. The van der Waals surface area contributed by atoms with Gasteiger partial charge in [0.05, 0.1) is 12.2 Å². The van der Waals surface area contributed by atoms with Crippen molar-refractivity contribution in [1.82, 2.24) is 10.3 Å². The van der Waals surface area contributed by atoms with Gasteiger partial charge in [0.25, 0.3) is 0 Å². The molecular weight excluding hydrogens is 277 g/mol. The molecule has 1 aromatic carbocycles. The Labute approximate surface area is 111 Å².